The first-order chi connectivity index (χ1) is 13.6. The van der Waals surface area contributed by atoms with Crippen LogP contribution in [0.4, 0.5) is 5.69 Å². The maximum absolute atomic E-state index is 13.4. The lowest BCUT2D eigenvalue weighted by Gasteiger charge is -2.27. The first kappa shape index (κ1) is 17.6. The number of carbonyl (C=O) groups is 3. The summed E-state index contributed by atoms with van der Waals surface area (Å²) in [6.07, 6.45) is 1.77. The van der Waals surface area contributed by atoms with Crippen LogP contribution in [0, 0.1) is 11.8 Å². The van der Waals surface area contributed by atoms with Gasteiger partial charge < -0.3 is 0 Å². The molecule has 3 aliphatic rings. The van der Waals surface area contributed by atoms with Crippen molar-refractivity contribution in [1.82, 2.24) is 4.90 Å². The molecule has 6 heteroatoms. The number of fused-ring (bicyclic) bond motifs is 3. The van der Waals surface area contributed by atoms with E-state index < -0.39 is 17.9 Å². The van der Waals surface area contributed by atoms with E-state index in [1.165, 1.54) is 4.90 Å². The molecular weight excluding hydrogens is 376 g/mol. The summed E-state index contributed by atoms with van der Waals surface area (Å²) < 4.78 is 0. The Hall–Kier alpha value is -2.50. The zero-order valence-corrected chi connectivity index (χ0v) is 15.9. The highest BCUT2D eigenvalue weighted by Crippen LogP contribution is 2.48. The van der Waals surface area contributed by atoms with Crippen LogP contribution in [0.15, 0.2) is 54.6 Å². The van der Waals surface area contributed by atoms with Gasteiger partial charge in [0.2, 0.25) is 11.8 Å². The van der Waals surface area contributed by atoms with Crippen molar-refractivity contribution in [3.8, 4) is 0 Å². The predicted molar refractivity (Wildman–Crippen MR) is 105 cm³/mol. The molecule has 2 aromatic rings. The monoisotopic (exact) mass is 394 g/mol. The van der Waals surface area contributed by atoms with Crippen LogP contribution in [0.2, 0.25) is 5.02 Å². The van der Waals surface area contributed by atoms with Gasteiger partial charge in [-0.25, -0.2) is 4.90 Å². The van der Waals surface area contributed by atoms with Crippen molar-refractivity contribution in [3.05, 3.63) is 65.2 Å². The molecule has 5 nitrogen and oxygen atoms in total. The zero-order chi connectivity index (χ0) is 19.4. The Kier molecular flexibility index (Phi) is 4.11. The van der Waals surface area contributed by atoms with Crippen LogP contribution >= 0.6 is 11.6 Å². The van der Waals surface area contributed by atoms with E-state index >= 15 is 0 Å². The highest BCUT2D eigenvalue weighted by atomic mass is 35.5. The number of hydrogen-bond acceptors (Lipinski definition) is 4. The number of hydrogen-bond donors (Lipinski definition) is 0. The van der Waals surface area contributed by atoms with Gasteiger partial charge in [0.1, 0.15) is 0 Å². The smallest absolute Gasteiger partial charge is 0.239 e. The molecule has 3 aliphatic heterocycles. The highest BCUT2D eigenvalue weighted by Gasteiger charge is 2.64. The number of ketones is 1. The van der Waals surface area contributed by atoms with Crippen molar-refractivity contribution in [1.29, 1.82) is 0 Å². The molecule has 3 fully saturated rings. The van der Waals surface area contributed by atoms with E-state index in [1.54, 1.807) is 36.4 Å². The zero-order valence-electron chi connectivity index (χ0n) is 15.1. The van der Waals surface area contributed by atoms with Crippen LogP contribution in [-0.2, 0) is 9.59 Å². The van der Waals surface area contributed by atoms with E-state index in [1.807, 2.05) is 18.2 Å². The van der Waals surface area contributed by atoms with Crippen LogP contribution in [0.5, 0.6) is 0 Å². The van der Waals surface area contributed by atoms with Crippen LogP contribution < -0.4 is 4.90 Å². The quantitative estimate of drug-likeness (QED) is 0.592. The summed E-state index contributed by atoms with van der Waals surface area (Å²) in [5.74, 6) is -1.68. The lowest BCUT2D eigenvalue weighted by molar-refractivity contribution is -0.123. The van der Waals surface area contributed by atoms with Gasteiger partial charge in [0.15, 0.2) is 5.78 Å². The van der Waals surface area contributed by atoms with E-state index in [9.17, 15) is 14.4 Å². The molecule has 0 N–H and O–H groups in total. The standard InChI is InChI=1S/C22H19ClN2O3/c23-14-8-4-9-15(12-14)25-21(27)17-16-10-5-11-24(16)19(18(17)22(25)28)20(26)13-6-2-1-3-7-13/h1-4,6-9,12,16-19H,5,10-11H2/t16-,17-,18+,19-/m1/s1. The molecule has 142 valence electrons. The maximum Gasteiger partial charge on any atom is 0.239 e. The molecule has 0 bridgehead atoms. The van der Waals surface area contributed by atoms with Gasteiger partial charge in [-0.1, -0.05) is 48.0 Å². The van der Waals surface area contributed by atoms with Gasteiger partial charge in [0.25, 0.3) is 0 Å². The van der Waals surface area contributed by atoms with Gasteiger partial charge in [-0.3, -0.25) is 19.3 Å². The number of benzene rings is 2. The third-order valence-corrected chi connectivity index (χ3v) is 6.48. The number of carbonyl (C=O) groups excluding carboxylic acids is 3. The average molecular weight is 395 g/mol. The van der Waals surface area contributed by atoms with E-state index in [0.29, 0.717) is 16.3 Å². The van der Waals surface area contributed by atoms with Crippen molar-refractivity contribution in [2.75, 3.05) is 11.4 Å². The van der Waals surface area contributed by atoms with Crippen LogP contribution in [0.3, 0.4) is 0 Å². The van der Waals surface area contributed by atoms with Crippen molar-refractivity contribution >= 4 is 34.9 Å². The topological polar surface area (TPSA) is 57.7 Å². The third-order valence-electron chi connectivity index (χ3n) is 6.25. The summed E-state index contributed by atoms with van der Waals surface area (Å²) in [7, 11) is 0. The molecule has 28 heavy (non-hydrogen) atoms. The average Bonchev–Trinajstić information content (AvgIpc) is 3.34. The lowest BCUT2D eigenvalue weighted by atomic mass is 9.85. The van der Waals surface area contributed by atoms with E-state index in [2.05, 4.69) is 4.90 Å². The molecule has 0 saturated carbocycles. The number of Topliss-reactive ketones (excluding diaryl/α,β-unsaturated/α-hetero) is 1. The van der Waals surface area contributed by atoms with Crippen LogP contribution in [-0.4, -0.2) is 41.1 Å². The number of anilines is 1. The number of amides is 2. The van der Waals surface area contributed by atoms with Gasteiger partial charge >= 0.3 is 0 Å². The molecule has 3 saturated heterocycles. The van der Waals surface area contributed by atoms with E-state index in [-0.39, 0.29) is 23.6 Å². The van der Waals surface area contributed by atoms with E-state index in [4.69, 9.17) is 11.6 Å². The van der Waals surface area contributed by atoms with E-state index in [0.717, 1.165) is 19.4 Å². The molecule has 3 heterocycles. The van der Waals surface area contributed by atoms with Gasteiger partial charge in [0.05, 0.1) is 23.6 Å². The molecule has 4 atom stereocenters. The first-order valence-electron chi connectivity index (χ1n) is 9.56. The molecule has 0 aliphatic carbocycles. The predicted octanol–water partition coefficient (Wildman–Crippen LogP) is 3.18. The maximum atomic E-state index is 13.4. The second-order valence-corrected chi connectivity index (χ2v) is 8.10. The second kappa shape index (κ2) is 6.54. The van der Waals surface area contributed by atoms with Gasteiger partial charge in [-0.15, -0.1) is 0 Å². The van der Waals surface area contributed by atoms with Gasteiger partial charge in [-0.2, -0.15) is 0 Å². The summed E-state index contributed by atoms with van der Waals surface area (Å²) in [6, 6.07) is 15.2. The third kappa shape index (κ3) is 2.46. The molecule has 0 aromatic heterocycles. The fourth-order valence-electron chi connectivity index (χ4n) is 5.16. The minimum atomic E-state index is -0.635. The minimum Gasteiger partial charge on any atom is -0.292 e. The summed E-state index contributed by atoms with van der Waals surface area (Å²) in [4.78, 5) is 43.3. The Morgan fingerprint density at radius 3 is 2.46 bits per heavy atom. The summed E-state index contributed by atoms with van der Waals surface area (Å²) in [5.41, 5.74) is 1.06. The fraction of sp³-hybridized carbons (Fsp3) is 0.318. The Balaban J connectivity index is 1.56. The Labute approximate surface area is 167 Å². The molecule has 2 amide bonds. The van der Waals surface area contributed by atoms with Crippen LogP contribution in [0.1, 0.15) is 23.2 Å². The molecule has 0 unspecified atom stereocenters. The molecule has 2 aromatic carbocycles. The van der Waals surface area contributed by atoms with Crippen molar-refractivity contribution < 1.29 is 14.4 Å². The summed E-state index contributed by atoms with van der Waals surface area (Å²) in [5, 5.41) is 0.467. The number of halogens is 1. The minimum absolute atomic E-state index is 0.0525. The normalized spacial score (nSPS) is 29.2. The molecule has 0 radical (unpaired) electrons. The molecule has 5 rings (SSSR count). The van der Waals surface area contributed by atoms with Crippen molar-refractivity contribution in [3.63, 3.8) is 0 Å². The van der Waals surface area contributed by atoms with Crippen molar-refractivity contribution in [2.24, 2.45) is 11.8 Å². The fourth-order valence-corrected chi connectivity index (χ4v) is 5.34. The first-order valence-corrected chi connectivity index (χ1v) is 9.94. The Bertz CT molecular complexity index is 977. The van der Waals surface area contributed by atoms with Crippen molar-refractivity contribution in [2.45, 2.75) is 24.9 Å². The molecular formula is C22H19ClN2O3. The molecule has 0 spiro atoms. The lowest BCUT2D eigenvalue weighted by Crippen LogP contribution is -2.46. The number of nitrogens with zero attached hydrogens (tertiary/aromatic N) is 2. The summed E-state index contributed by atoms with van der Waals surface area (Å²) >= 11 is 6.08. The number of rotatable bonds is 3. The van der Waals surface area contributed by atoms with Gasteiger partial charge in [0, 0.05) is 16.6 Å². The largest absolute Gasteiger partial charge is 0.292 e. The Morgan fingerprint density at radius 1 is 0.964 bits per heavy atom. The Morgan fingerprint density at radius 2 is 1.71 bits per heavy atom. The SMILES string of the molecule is O=C(c1ccccc1)[C@H]1[C@H]2C(=O)N(c3cccc(Cl)c3)C(=O)[C@@H]2[C@H]2CCCN21. The van der Waals surface area contributed by atoms with Crippen LogP contribution in [0.25, 0.3) is 0 Å². The highest BCUT2D eigenvalue weighted by molar-refractivity contribution is 6.31. The second-order valence-electron chi connectivity index (χ2n) is 7.67. The van der Waals surface area contributed by atoms with Gasteiger partial charge in [-0.05, 0) is 37.6 Å². The number of imide groups is 1. The summed E-state index contributed by atoms with van der Waals surface area (Å²) in [6.45, 7) is 0.749.